The maximum Gasteiger partial charge on any atom is 0.240 e. The van der Waals surface area contributed by atoms with Gasteiger partial charge in [-0.25, -0.2) is 23.1 Å². The fraction of sp³-hybridized carbons (Fsp3) is 0.345. The Hall–Kier alpha value is -3.34. The van der Waals surface area contributed by atoms with Crippen molar-refractivity contribution in [2.45, 2.75) is 49.3 Å². The molecule has 4 aromatic rings. The second-order valence-corrected chi connectivity index (χ2v) is 12.6. The molecule has 2 aromatic heterocycles. The third kappa shape index (κ3) is 6.81. The molecule has 2 N–H and O–H groups in total. The van der Waals surface area contributed by atoms with Crippen molar-refractivity contribution in [2.24, 2.45) is 5.92 Å². The van der Waals surface area contributed by atoms with Crippen LogP contribution in [0, 0.1) is 5.92 Å². The number of carbonyl (C=O) groups excluding carboxylic acids is 1. The lowest BCUT2D eigenvalue weighted by Crippen LogP contribution is -2.26. The number of ether oxygens (including phenoxy) is 1. The van der Waals surface area contributed by atoms with Gasteiger partial charge < -0.3 is 10.1 Å². The van der Waals surface area contributed by atoms with E-state index in [2.05, 4.69) is 20.0 Å². The van der Waals surface area contributed by atoms with E-state index in [1.54, 1.807) is 37.4 Å². The average molecular weight is 565 g/mol. The summed E-state index contributed by atoms with van der Waals surface area (Å²) in [6.45, 7) is 0.309. The first-order chi connectivity index (χ1) is 18.9. The number of benzene rings is 2. The number of aromatic nitrogens is 2. The van der Waals surface area contributed by atoms with Crippen LogP contribution in [0.3, 0.4) is 0 Å². The van der Waals surface area contributed by atoms with Crippen LogP contribution in [-0.2, 0) is 21.2 Å². The van der Waals surface area contributed by atoms with Crippen molar-refractivity contribution >= 4 is 42.7 Å². The van der Waals surface area contributed by atoms with Crippen molar-refractivity contribution in [3.8, 4) is 5.88 Å². The summed E-state index contributed by atoms with van der Waals surface area (Å²) in [7, 11) is -2.10. The van der Waals surface area contributed by atoms with Crippen LogP contribution in [0.25, 0.3) is 10.3 Å². The summed E-state index contributed by atoms with van der Waals surface area (Å²) in [5, 5.41) is 3.47. The molecule has 1 aliphatic carbocycles. The number of carbonyl (C=O) groups is 1. The van der Waals surface area contributed by atoms with Gasteiger partial charge in [-0.15, -0.1) is 0 Å². The molecule has 39 heavy (non-hydrogen) atoms. The van der Waals surface area contributed by atoms with Crippen molar-refractivity contribution in [3.05, 3.63) is 77.9 Å². The van der Waals surface area contributed by atoms with Gasteiger partial charge in [0.05, 0.1) is 17.9 Å². The van der Waals surface area contributed by atoms with Gasteiger partial charge in [0.2, 0.25) is 21.8 Å². The van der Waals surface area contributed by atoms with Crippen LogP contribution in [0.1, 0.15) is 49.1 Å². The summed E-state index contributed by atoms with van der Waals surface area (Å²) in [5.74, 6) is 0.396. The number of sulfonamides is 1. The van der Waals surface area contributed by atoms with E-state index in [4.69, 9.17) is 4.74 Å². The summed E-state index contributed by atoms with van der Waals surface area (Å²) in [6.07, 6.45) is 5.88. The van der Waals surface area contributed by atoms with E-state index in [0.29, 0.717) is 46.7 Å². The van der Waals surface area contributed by atoms with Crippen molar-refractivity contribution in [3.63, 3.8) is 0 Å². The molecule has 0 bridgehead atoms. The molecule has 8 nitrogen and oxygen atoms in total. The smallest absolute Gasteiger partial charge is 0.240 e. The first kappa shape index (κ1) is 27.2. The molecule has 1 unspecified atom stereocenters. The lowest BCUT2D eigenvalue weighted by atomic mass is 9.87. The molecule has 1 amide bonds. The Bertz CT molecular complexity index is 1520. The molecule has 1 aliphatic rings. The molecule has 0 radical (unpaired) electrons. The first-order valence-corrected chi connectivity index (χ1v) is 15.5. The van der Waals surface area contributed by atoms with E-state index in [0.717, 1.165) is 24.0 Å². The number of pyridine rings is 1. The molecule has 1 fully saturated rings. The summed E-state index contributed by atoms with van der Waals surface area (Å²) >= 11 is 1.30. The van der Waals surface area contributed by atoms with Crippen LogP contribution < -0.4 is 14.8 Å². The Morgan fingerprint density at radius 2 is 1.77 bits per heavy atom. The average Bonchev–Trinajstić information content (AvgIpc) is 3.61. The largest absolute Gasteiger partial charge is 0.481 e. The number of anilines is 1. The number of amides is 1. The van der Waals surface area contributed by atoms with E-state index in [-0.39, 0.29) is 10.8 Å². The molecule has 10 heteroatoms. The minimum Gasteiger partial charge on any atom is -0.481 e. The zero-order valence-corrected chi connectivity index (χ0v) is 23.4. The number of nitrogens with zero attached hydrogens (tertiary/aromatic N) is 2. The van der Waals surface area contributed by atoms with Gasteiger partial charge >= 0.3 is 0 Å². The maximum atomic E-state index is 13.5. The Kier molecular flexibility index (Phi) is 8.54. The topological polar surface area (TPSA) is 110 Å². The normalized spacial score (nSPS) is 14.9. The Labute approximate surface area is 232 Å². The molecule has 0 aliphatic heterocycles. The SMILES string of the molecule is COc1ccc2nc(NC(=O)C(CC3CCCC3)c3ccc(S(=O)(=O)NCCc4ccccc4)cc3)sc2n1. The number of fused-ring (bicyclic) bond motifs is 1. The van der Waals surface area contributed by atoms with E-state index < -0.39 is 15.9 Å². The molecular weight excluding hydrogens is 532 g/mol. The molecule has 1 saturated carbocycles. The Balaban J connectivity index is 1.30. The van der Waals surface area contributed by atoms with Gasteiger partial charge in [0, 0.05) is 12.6 Å². The third-order valence-corrected chi connectivity index (χ3v) is 9.53. The van der Waals surface area contributed by atoms with Gasteiger partial charge in [0.25, 0.3) is 0 Å². The van der Waals surface area contributed by atoms with Crippen LogP contribution in [0.5, 0.6) is 5.88 Å². The molecular formula is C29H32N4O4S2. The zero-order chi connectivity index (χ0) is 27.2. The van der Waals surface area contributed by atoms with Crippen molar-refractivity contribution in [2.75, 3.05) is 19.0 Å². The quantitative estimate of drug-likeness (QED) is 0.248. The molecule has 2 heterocycles. The monoisotopic (exact) mass is 564 g/mol. The highest BCUT2D eigenvalue weighted by Crippen LogP contribution is 2.36. The van der Waals surface area contributed by atoms with Crippen molar-refractivity contribution < 1.29 is 17.9 Å². The van der Waals surface area contributed by atoms with Gasteiger partial charge in [0.15, 0.2) is 5.13 Å². The van der Waals surface area contributed by atoms with Gasteiger partial charge in [0.1, 0.15) is 10.3 Å². The molecule has 0 spiro atoms. The molecule has 2 aromatic carbocycles. The Morgan fingerprint density at radius 1 is 1.03 bits per heavy atom. The highest BCUT2D eigenvalue weighted by Gasteiger charge is 2.28. The van der Waals surface area contributed by atoms with Gasteiger partial charge in [-0.05, 0) is 48.1 Å². The molecule has 204 valence electrons. The van der Waals surface area contributed by atoms with Gasteiger partial charge in [-0.3, -0.25) is 4.79 Å². The minimum absolute atomic E-state index is 0.149. The van der Waals surface area contributed by atoms with Crippen LogP contribution in [-0.4, -0.2) is 37.9 Å². The van der Waals surface area contributed by atoms with E-state index in [1.165, 1.54) is 24.2 Å². The summed E-state index contributed by atoms with van der Waals surface area (Å²) < 4.78 is 33.6. The second kappa shape index (κ2) is 12.2. The van der Waals surface area contributed by atoms with Crippen molar-refractivity contribution in [1.82, 2.24) is 14.7 Å². The van der Waals surface area contributed by atoms with E-state index in [1.807, 2.05) is 36.4 Å². The second-order valence-electron chi connectivity index (χ2n) is 9.83. The van der Waals surface area contributed by atoms with Gasteiger partial charge in [-0.1, -0.05) is 79.5 Å². The van der Waals surface area contributed by atoms with E-state index in [9.17, 15) is 13.2 Å². The lowest BCUT2D eigenvalue weighted by Gasteiger charge is -2.20. The standard InChI is InChI=1S/C29H32N4O4S2/c1-37-26-16-15-25-28(32-26)38-29(31-25)33-27(34)24(19-21-9-5-6-10-21)22-11-13-23(14-12-22)39(35,36)30-18-17-20-7-3-2-4-8-20/h2-4,7-8,11-16,21,24,30H,5-6,9-10,17-19H2,1H3,(H,31,33,34). The number of hydrogen-bond acceptors (Lipinski definition) is 7. The van der Waals surface area contributed by atoms with Crippen molar-refractivity contribution in [1.29, 1.82) is 0 Å². The summed E-state index contributed by atoms with van der Waals surface area (Å²) in [4.78, 5) is 23.3. The summed E-state index contributed by atoms with van der Waals surface area (Å²) in [6, 6.07) is 20.0. The molecule has 5 rings (SSSR count). The molecule has 0 saturated heterocycles. The van der Waals surface area contributed by atoms with Crippen LogP contribution in [0.15, 0.2) is 71.6 Å². The molecule has 1 atom stereocenters. The number of nitrogens with one attached hydrogen (secondary N) is 2. The predicted molar refractivity (Wildman–Crippen MR) is 154 cm³/mol. The summed E-state index contributed by atoms with van der Waals surface area (Å²) in [5.41, 5.74) is 2.56. The number of methoxy groups -OCH3 is 1. The minimum atomic E-state index is -3.66. The Morgan fingerprint density at radius 3 is 2.49 bits per heavy atom. The number of thiazole rings is 1. The fourth-order valence-corrected chi connectivity index (χ4v) is 6.94. The zero-order valence-electron chi connectivity index (χ0n) is 21.8. The number of hydrogen-bond donors (Lipinski definition) is 2. The van der Waals surface area contributed by atoms with E-state index >= 15 is 0 Å². The maximum absolute atomic E-state index is 13.5. The highest BCUT2D eigenvalue weighted by molar-refractivity contribution is 7.89. The fourth-order valence-electron chi connectivity index (χ4n) is 5.07. The predicted octanol–water partition coefficient (Wildman–Crippen LogP) is 5.52. The van der Waals surface area contributed by atoms with Crippen LogP contribution >= 0.6 is 11.3 Å². The highest BCUT2D eigenvalue weighted by atomic mass is 32.2. The first-order valence-electron chi connectivity index (χ1n) is 13.2. The van der Waals surface area contributed by atoms with Crippen LogP contribution in [0.4, 0.5) is 5.13 Å². The van der Waals surface area contributed by atoms with Gasteiger partial charge in [-0.2, -0.15) is 0 Å². The van der Waals surface area contributed by atoms with Crippen LogP contribution in [0.2, 0.25) is 0 Å². The lowest BCUT2D eigenvalue weighted by molar-refractivity contribution is -0.118. The third-order valence-electron chi connectivity index (χ3n) is 7.17. The number of rotatable bonds is 11.